The van der Waals surface area contributed by atoms with Crippen molar-refractivity contribution < 1.29 is 14.0 Å². The van der Waals surface area contributed by atoms with E-state index in [0.717, 1.165) is 11.1 Å². The molecule has 2 rings (SSSR count). The molecule has 0 aliphatic heterocycles. The summed E-state index contributed by atoms with van der Waals surface area (Å²) in [6, 6.07) is 9.37. The van der Waals surface area contributed by atoms with Crippen molar-refractivity contribution in [3.05, 3.63) is 64.6 Å². The molecule has 0 radical (unpaired) electrons. The van der Waals surface area contributed by atoms with E-state index in [9.17, 15) is 9.59 Å². The highest BCUT2D eigenvalue weighted by atomic mass is 16.3. The van der Waals surface area contributed by atoms with E-state index in [1.165, 1.54) is 6.08 Å². The molecule has 5 nitrogen and oxygen atoms in total. The van der Waals surface area contributed by atoms with Crippen molar-refractivity contribution in [3.8, 4) is 0 Å². The maximum absolute atomic E-state index is 11.9. The Balaban J connectivity index is 1.88. The quantitative estimate of drug-likeness (QED) is 0.676. The number of hydrogen-bond donors (Lipinski definition) is 2. The van der Waals surface area contributed by atoms with Crippen LogP contribution >= 0.6 is 0 Å². The molecular formula is C17H18N2O3. The van der Waals surface area contributed by atoms with E-state index in [1.807, 2.05) is 31.2 Å². The molecule has 22 heavy (non-hydrogen) atoms. The molecular weight excluding hydrogens is 280 g/mol. The van der Waals surface area contributed by atoms with Crippen LogP contribution in [0, 0.1) is 20.8 Å². The molecule has 0 saturated heterocycles. The first-order valence-corrected chi connectivity index (χ1v) is 6.88. The van der Waals surface area contributed by atoms with Crippen LogP contribution in [0.2, 0.25) is 0 Å². The van der Waals surface area contributed by atoms with Gasteiger partial charge in [0.1, 0.15) is 11.5 Å². The summed E-state index contributed by atoms with van der Waals surface area (Å²) in [4.78, 5) is 23.6. The van der Waals surface area contributed by atoms with Crippen molar-refractivity contribution in [3.63, 3.8) is 0 Å². The van der Waals surface area contributed by atoms with Crippen LogP contribution in [0.5, 0.6) is 0 Å². The number of nitrogens with one attached hydrogen (secondary N) is 2. The van der Waals surface area contributed by atoms with E-state index in [1.54, 1.807) is 26.0 Å². The predicted octanol–water partition coefficient (Wildman–Crippen LogP) is 2.68. The average molecular weight is 298 g/mol. The van der Waals surface area contributed by atoms with E-state index in [2.05, 4.69) is 10.9 Å². The summed E-state index contributed by atoms with van der Waals surface area (Å²) >= 11 is 0. The SMILES string of the molecule is Cc1ccc(/C=C/C(=O)NNC(=O)c2cc(C)oc2C)cc1. The summed E-state index contributed by atoms with van der Waals surface area (Å²) in [5, 5.41) is 0. The van der Waals surface area contributed by atoms with Crippen LogP contribution in [0.25, 0.3) is 6.08 Å². The highest BCUT2D eigenvalue weighted by molar-refractivity contribution is 5.98. The van der Waals surface area contributed by atoms with Crippen molar-refractivity contribution in [1.82, 2.24) is 10.9 Å². The Labute approximate surface area is 129 Å². The fraction of sp³-hybridized carbons (Fsp3) is 0.176. The Morgan fingerprint density at radius 2 is 1.73 bits per heavy atom. The molecule has 1 heterocycles. The first-order valence-electron chi connectivity index (χ1n) is 6.88. The number of amides is 2. The summed E-state index contributed by atoms with van der Waals surface area (Å²) in [5.74, 6) is 0.339. The molecule has 5 heteroatoms. The number of hydrogen-bond acceptors (Lipinski definition) is 3. The Morgan fingerprint density at radius 1 is 1.05 bits per heavy atom. The molecule has 0 aliphatic carbocycles. The van der Waals surface area contributed by atoms with Gasteiger partial charge in [-0.05, 0) is 38.5 Å². The van der Waals surface area contributed by atoms with Gasteiger partial charge in [0, 0.05) is 6.08 Å². The van der Waals surface area contributed by atoms with Gasteiger partial charge in [-0.2, -0.15) is 0 Å². The third-order valence-electron chi connectivity index (χ3n) is 3.09. The summed E-state index contributed by atoms with van der Waals surface area (Å²) < 4.78 is 5.27. The Kier molecular flexibility index (Phi) is 4.78. The lowest BCUT2D eigenvalue weighted by Gasteiger charge is -2.04. The summed E-state index contributed by atoms with van der Waals surface area (Å²) in [6.07, 6.45) is 3.03. The number of carbonyl (C=O) groups is 2. The molecule has 0 fully saturated rings. The molecule has 0 atom stereocenters. The highest BCUT2D eigenvalue weighted by Gasteiger charge is 2.13. The normalized spacial score (nSPS) is 10.7. The highest BCUT2D eigenvalue weighted by Crippen LogP contribution is 2.12. The van der Waals surface area contributed by atoms with Gasteiger partial charge in [-0.25, -0.2) is 0 Å². The number of carbonyl (C=O) groups excluding carboxylic acids is 2. The Hall–Kier alpha value is -2.82. The van der Waals surface area contributed by atoms with Gasteiger partial charge < -0.3 is 4.42 Å². The fourth-order valence-electron chi connectivity index (χ4n) is 1.93. The van der Waals surface area contributed by atoms with Gasteiger partial charge in [-0.1, -0.05) is 29.8 Å². The Morgan fingerprint density at radius 3 is 2.32 bits per heavy atom. The lowest BCUT2D eigenvalue weighted by Crippen LogP contribution is -2.40. The maximum Gasteiger partial charge on any atom is 0.273 e. The van der Waals surface area contributed by atoms with Gasteiger partial charge in [-0.15, -0.1) is 0 Å². The Bertz CT molecular complexity index is 712. The number of rotatable bonds is 3. The zero-order chi connectivity index (χ0) is 16.1. The molecule has 2 aromatic rings. The summed E-state index contributed by atoms with van der Waals surface area (Å²) in [7, 11) is 0. The lowest BCUT2D eigenvalue weighted by atomic mass is 10.1. The van der Waals surface area contributed by atoms with Crippen molar-refractivity contribution in [2.75, 3.05) is 0 Å². The minimum absolute atomic E-state index is 0.403. The largest absolute Gasteiger partial charge is 0.466 e. The molecule has 0 bridgehead atoms. The fourth-order valence-corrected chi connectivity index (χ4v) is 1.93. The van der Waals surface area contributed by atoms with Crippen LogP contribution < -0.4 is 10.9 Å². The number of aryl methyl sites for hydroxylation is 3. The van der Waals surface area contributed by atoms with Crippen LogP contribution in [0.15, 0.2) is 40.8 Å². The van der Waals surface area contributed by atoms with Gasteiger partial charge >= 0.3 is 0 Å². The summed E-state index contributed by atoms with van der Waals surface area (Å²) in [5.41, 5.74) is 7.15. The third-order valence-corrected chi connectivity index (χ3v) is 3.09. The third kappa shape index (κ3) is 4.09. The molecule has 0 saturated carbocycles. The van der Waals surface area contributed by atoms with Crippen LogP contribution in [-0.4, -0.2) is 11.8 Å². The van der Waals surface area contributed by atoms with Crippen molar-refractivity contribution in [2.24, 2.45) is 0 Å². The van der Waals surface area contributed by atoms with Crippen molar-refractivity contribution in [2.45, 2.75) is 20.8 Å². The summed E-state index contributed by atoms with van der Waals surface area (Å²) in [6.45, 7) is 5.45. The average Bonchev–Trinajstić information content (AvgIpc) is 2.83. The second kappa shape index (κ2) is 6.76. The van der Waals surface area contributed by atoms with E-state index in [0.29, 0.717) is 17.1 Å². The van der Waals surface area contributed by atoms with E-state index in [-0.39, 0.29) is 0 Å². The maximum atomic E-state index is 11.9. The predicted molar refractivity (Wildman–Crippen MR) is 84.0 cm³/mol. The van der Waals surface area contributed by atoms with Crippen LogP contribution in [0.1, 0.15) is 33.0 Å². The van der Waals surface area contributed by atoms with Crippen LogP contribution in [-0.2, 0) is 4.79 Å². The smallest absolute Gasteiger partial charge is 0.273 e. The van der Waals surface area contributed by atoms with E-state index >= 15 is 0 Å². The van der Waals surface area contributed by atoms with Crippen LogP contribution in [0.4, 0.5) is 0 Å². The number of benzene rings is 1. The van der Waals surface area contributed by atoms with Crippen molar-refractivity contribution in [1.29, 1.82) is 0 Å². The number of furan rings is 1. The zero-order valence-corrected chi connectivity index (χ0v) is 12.8. The van der Waals surface area contributed by atoms with Gasteiger partial charge in [0.15, 0.2) is 0 Å². The first-order chi connectivity index (χ1) is 10.5. The second-order valence-corrected chi connectivity index (χ2v) is 5.01. The molecule has 0 unspecified atom stereocenters. The standard InChI is InChI=1S/C17H18N2O3/c1-11-4-6-14(7-5-11)8-9-16(20)18-19-17(21)15-10-12(2)22-13(15)3/h4-10H,1-3H3,(H,18,20)(H,19,21)/b9-8+. The first kappa shape index (κ1) is 15.6. The molecule has 2 amide bonds. The topological polar surface area (TPSA) is 71.3 Å². The van der Waals surface area contributed by atoms with E-state index in [4.69, 9.17) is 4.42 Å². The molecule has 114 valence electrons. The lowest BCUT2D eigenvalue weighted by molar-refractivity contribution is -0.117. The van der Waals surface area contributed by atoms with Gasteiger partial charge in [-0.3, -0.25) is 20.4 Å². The number of hydrazine groups is 1. The zero-order valence-electron chi connectivity index (χ0n) is 12.8. The second-order valence-electron chi connectivity index (χ2n) is 5.01. The molecule has 0 spiro atoms. The molecule has 1 aromatic heterocycles. The van der Waals surface area contributed by atoms with Gasteiger partial charge in [0.05, 0.1) is 5.56 Å². The van der Waals surface area contributed by atoms with Crippen LogP contribution in [0.3, 0.4) is 0 Å². The minimum atomic E-state index is -0.411. The van der Waals surface area contributed by atoms with E-state index < -0.39 is 11.8 Å². The van der Waals surface area contributed by atoms with Gasteiger partial charge in [0.2, 0.25) is 0 Å². The molecule has 1 aromatic carbocycles. The monoisotopic (exact) mass is 298 g/mol. The minimum Gasteiger partial charge on any atom is -0.466 e. The molecule has 0 aliphatic rings. The molecule has 2 N–H and O–H groups in total. The van der Waals surface area contributed by atoms with Crippen molar-refractivity contribution >= 4 is 17.9 Å². The van der Waals surface area contributed by atoms with Gasteiger partial charge in [0.25, 0.3) is 11.8 Å².